The highest BCUT2D eigenvalue weighted by Crippen LogP contribution is 2.28. The Labute approximate surface area is 139 Å². The van der Waals surface area contributed by atoms with Crippen LogP contribution < -0.4 is 10.1 Å². The van der Waals surface area contributed by atoms with Crippen molar-refractivity contribution in [2.45, 2.75) is 20.8 Å². The van der Waals surface area contributed by atoms with E-state index in [-0.39, 0.29) is 0 Å². The van der Waals surface area contributed by atoms with Crippen molar-refractivity contribution < 1.29 is 19.4 Å². The van der Waals surface area contributed by atoms with Gasteiger partial charge in [-0.3, -0.25) is 14.6 Å². The third kappa shape index (κ3) is 4.52. The van der Waals surface area contributed by atoms with E-state index in [1.165, 1.54) is 12.4 Å². The molecule has 24 heavy (non-hydrogen) atoms. The number of aliphatic carboxylic acids is 1. The Balaban J connectivity index is 2.05. The third-order valence-electron chi connectivity index (χ3n) is 3.26. The topological polar surface area (TPSA) is 101 Å². The minimum absolute atomic E-state index is 0.355. The number of nitrogens with one attached hydrogen (secondary N) is 1. The van der Waals surface area contributed by atoms with E-state index < -0.39 is 23.2 Å². The fourth-order valence-electron chi connectivity index (χ4n) is 2.16. The number of carboxylic acids is 1. The zero-order chi connectivity index (χ0) is 17.7. The first-order valence-corrected chi connectivity index (χ1v) is 7.35. The van der Waals surface area contributed by atoms with E-state index in [0.29, 0.717) is 17.3 Å². The second-order valence-electron chi connectivity index (χ2n) is 6.30. The number of ether oxygens (including phenoxy) is 1. The molecule has 7 nitrogen and oxygen atoms in total. The second kappa shape index (κ2) is 7.08. The van der Waals surface area contributed by atoms with Crippen molar-refractivity contribution in [2.75, 3.05) is 5.32 Å². The van der Waals surface area contributed by atoms with Crippen molar-refractivity contribution in [3.05, 3.63) is 42.9 Å². The van der Waals surface area contributed by atoms with Gasteiger partial charge in [-0.1, -0.05) is 20.8 Å². The molecule has 1 aromatic heterocycles. The molecule has 0 aliphatic rings. The van der Waals surface area contributed by atoms with Crippen LogP contribution in [0.4, 0.5) is 5.69 Å². The minimum atomic E-state index is -1.15. The summed E-state index contributed by atoms with van der Waals surface area (Å²) in [6.07, 6.45) is 4.54. The number of nitrogens with zero attached hydrogens (tertiary/aromatic N) is 2. The van der Waals surface area contributed by atoms with Gasteiger partial charge in [0.2, 0.25) is 11.8 Å². The first-order chi connectivity index (χ1) is 11.3. The van der Waals surface area contributed by atoms with Gasteiger partial charge in [0.05, 0.1) is 6.20 Å². The predicted molar refractivity (Wildman–Crippen MR) is 87.8 cm³/mol. The standard InChI is InChI=1S/C17H19N3O4/c1-17(2,3)14(16(22)23)15(21)20-11-4-6-12(7-5-11)24-13-10-18-8-9-19-13/h4-10,14H,1-3H3,(H,20,21)(H,22,23). The lowest BCUT2D eigenvalue weighted by Crippen LogP contribution is -2.39. The van der Waals surface area contributed by atoms with Crippen LogP contribution in [0.25, 0.3) is 0 Å². The lowest BCUT2D eigenvalue weighted by molar-refractivity contribution is -0.149. The zero-order valence-corrected chi connectivity index (χ0v) is 13.7. The molecule has 0 radical (unpaired) electrons. The van der Waals surface area contributed by atoms with Gasteiger partial charge in [-0.05, 0) is 29.7 Å². The highest BCUT2D eigenvalue weighted by atomic mass is 16.5. The summed E-state index contributed by atoms with van der Waals surface area (Å²) in [7, 11) is 0. The lowest BCUT2D eigenvalue weighted by Gasteiger charge is -2.25. The Morgan fingerprint density at radius 1 is 1.17 bits per heavy atom. The van der Waals surface area contributed by atoms with Crippen LogP contribution in [-0.4, -0.2) is 27.0 Å². The molecule has 2 aromatic rings. The van der Waals surface area contributed by atoms with Gasteiger partial charge in [0, 0.05) is 18.1 Å². The van der Waals surface area contributed by atoms with Crippen molar-refractivity contribution in [3.63, 3.8) is 0 Å². The summed E-state index contributed by atoms with van der Waals surface area (Å²) in [5, 5.41) is 11.9. The molecule has 0 aliphatic heterocycles. The van der Waals surface area contributed by atoms with Crippen LogP contribution in [0.5, 0.6) is 11.6 Å². The molecule has 0 saturated heterocycles. The smallest absolute Gasteiger partial charge is 0.316 e. The molecule has 0 saturated carbocycles. The number of hydrogen-bond acceptors (Lipinski definition) is 5. The fourth-order valence-corrected chi connectivity index (χ4v) is 2.16. The molecule has 1 atom stereocenters. The van der Waals surface area contributed by atoms with Crippen LogP contribution >= 0.6 is 0 Å². The lowest BCUT2D eigenvalue weighted by atomic mass is 9.80. The number of anilines is 1. The molecule has 0 aliphatic carbocycles. The van der Waals surface area contributed by atoms with Crippen molar-refractivity contribution in [2.24, 2.45) is 11.3 Å². The first kappa shape index (κ1) is 17.4. The van der Waals surface area contributed by atoms with Gasteiger partial charge >= 0.3 is 5.97 Å². The van der Waals surface area contributed by atoms with Gasteiger partial charge in [-0.25, -0.2) is 4.98 Å². The number of carboxylic acid groups (broad SMARTS) is 1. The van der Waals surface area contributed by atoms with Crippen molar-refractivity contribution in [3.8, 4) is 11.6 Å². The van der Waals surface area contributed by atoms with Gasteiger partial charge in [0.25, 0.3) is 0 Å². The van der Waals surface area contributed by atoms with Gasteiger partial charge in [-0.15, -0.1) is 0 Å². The van der Waals surface area contributed by atoms with Gasteiger partial charge in [0.1, 0.15) is 11.7 Å². The van der Waals surface area contributed by atoms with Crippen LogP contribution in [0.1, 0.15) is 20.8 Å². The van der Waals surface area contributed by atoms with E-state index in [0.717, 1.165) is 0 Å². The summed E-state index contributed by atoms with van der Waals surface area (Å²) in [6, 6.07) is 6.56. The van der Waals surface area contributed by atoms with Crippen molar-refractivity contribution in [1.82, 2.24) is 9.97 Å². The molecule has 2 N–H and O–H groups in total. The molecule has 1 amide bonds. The highest BCUT2D eigenvalue weighted by molar-refractivity contribution is 6.04. The summed E-state index contributed by atoms with van der Waals surface area (Å²) >= 11 is 0. The summed E-state index contributed by atoms with van der Waals surface area (Å²) in [5.74, 6) is -1.97. The number of amides is 1. The average Bonchev–Trinajstić information content (AvgIpc) is 2.48. The summed E-state index contributed by atoms with van der Waals surface area (Å²) in [4.78, 5) is 31.5. The van der Waals surface area contributed by atoms with E-state index >= 15 is 0 Å². The molecule has 7 heteroatoms. The summed E-state index contributed by atoms with van der Waals surface area (Å²) in [5.41, 5.74) is -0.202. The Morgan fingerprint density at radius 2 is 1.83 bits per heavy atom. The number of benzene rings is 1. The maximum absolute atomic E-state index is 12.2. The third-order valence-corrected chi connectivity index (χ3v) is 3.26. The number of aromatic nitrogens is 2. The minimum Gasteiger partial charge on any atom is -0.481 e. The predicted octanol–water partition coefficient (Wildman–Crippen LogP) is 2.95. The summed E-state index contributed by atoms with van der Waals surface area (Å²) in [6.45, 7) is 5.13. The van der Waals surface area contributed by atoms with Crippen LogP contribution in [0, 0.1) is 11.3 Å². The molecule has 1 unspecified atom stereocenters. The Morgan fingerprint density at radius 3 is 2.33 bits per heavy atom. The number of hydrogen-bond donors (Lipinski definition) is 2. The molecule has 2 rings (SSSR count). The van der Waals surface area contributed by atoms with E-state index in [4.69, 9.17) is 4.74 Å². The molecule has 0 fully saturated rings. The fraction of sp³-hybridized carbons (Fsp3) is 0.294. The maximum atomic E-state index is 12.2. The largest absolute Gasteiger partial charge is 0.481 e. The Bertz CT molecular complexity index is 709. The van der Waals surface area contributed by atoms with Crippen LogP contribution in [-0.2, 0) is 9.59 Å². The van der Waals surface area contributed by atoms with Gasteiger partial charge in [-0.2, -0.15) is 0 Å². The van der Waals surface area contributed by atoms with Crippen LogP contribution in [0.2, 0.25) is 0 Å². The summed E-state index contributed by atoms with van der Waals surface area (Å²) < 4.78 is 5.50. The molecular formula is C17H19N3O4. The normalized spacial score (nSPS) is 12.3. The SMILES string of the molecule is CC(C)(C)C(C(=O)O)C(=O)Nc1ccc(Oc2cnccn2)cc1. The molecule has 1 aromatic carbocycles. The molecule has 1 heterocycles. The maximum Gasteiger partial charge on any atom is 0.316 e. The number of carbonyl (C=O) groups is 2. The Hall–Kier alpha value is -2.96. The average molecular weight is 329 g/mol. The Kier molecular flexibility index (Phi) is 5.13. The quantitative estimate of drug-likeness (QED) is 0.818. The molecule has 126 valence electrons. The second-order valence-corrected chi connectivity index (χ2v) is 6.30. The van der Waals surface area contributed by atoms with Gasteiger partial charge < -0.3 is 15.2 Å². The van der Waals surface area contributed by atoms with E-state index in [9.17, 15) is 14.7 Å². The highest BCUT2D eigenvalue weighted by Gasteiger charge is 2.37. The van der Waals surface area contributed by atoms with Crippen molar-refractivity contribution in [1.29, 1.82) is 0 Å². The van der Waals surface area contributed by atoms with E-state index in [1.54, 1.807) is 51.2 Å². The van der Waals surface area contributed by atoms with Crippen molar-refractivity contribution >= 4 is 17.6 Å². The molecule has 0 spiro atoms. The number of carbonyl (C=O) groups excluding carboxylic acids is 1. The number of rotatable bonds is 5. The van der Waals surface area contributed by atoms with E-state index in [2.05, 4.69) is 15.3 Å². The van der Waals surface area contributed by atoms with Gasteiger partial charge in [0.15, 0.2) is 0 Å². The monoisotopic (exact) mass is 329 g/mol. The van der Waals surface area contributed by atoms with Crippen LogP contribution in [0.3, 0.4) is 0 Å². The molecule has 0 bridgehead atoms. The zero-order valence-electron chi connectivity index (χ0n) is 13.7. The van der Waals surface area contributed by atoms with E-state index in [1.807, 2.05) is 0 Å². The molecular weight excluding hydrogens is 310 g/mol. The van der Waals surface area contributed by atoms with Crippen LogP contribution in [0.15, 0.2) is 42.9 Å². The first-order valence-electron chi connectivity index (χ1n) is 7.35.